The van der Waals surface area contributed by atoms with Crippen LogP contribution in [0.1, 0.15) is 37.8 Å². The molecule has 1 saturated heterocycles. The van der Waals surface area contributed by atoms with Crippen LogP contribution in [0.5, 0.6) is 0 Å². The van der Waals surface area contributed by atoms with Gasteiger partial charge in [0.1, 0.15) is 0 Å². The second kappa shape index (κ2) is 5.84. The molecule has 1 heterocycles. The highest BCUT2D eigenvalue weighted by molar-refractivity contribution is 6.42. The second-order valence-corrected chi connectivity index (χ2v) is 7.08. The Morgan fingerprint density at radius 3 is 2.80 bits per heavy atom. The Hall–Kier alpha value is -0.280. The molecule has 0 bridgehead atoms. The van der Waals surface area contributed by atoms with Crippen molar-refractivity contribution in [1.29, 1.82) is 0 Å². The van der Waals surface area contributed by atoms with Crippen molar-refractivity contribution >= 4 is 23.2 Å². The normalized spacial score (nSPS) is 32.1. The smallest absolute Gasteiger partial charge is 0.0640 e. The lowest BCUT2D eigenvalue weighted by Crippen LogP contribution is -2.38. The highest BCUT2D eigenvalue weighted by Crippen LogP contribution is 2.40. The average Bonchev–Trinajstić information content (AvgIpc) is 2.87. The molecule has 1 aromatic rings. The van der Waals surface area contributed by atoms with Gasteiger partial charge in [-0.15, -0.1) is 0 Å². The fraction of sp³-hybridized carbons (Fsp3) is 0.625. The maximum Gasteiger partial charge on any atom is 0.0640 e. The standard InChI is InChI=1S/C16H22Cl2N2/c1-10(12-5-3-6-14(17)16(12)18)20-8-11-4-2-7-15(19)13(11)9-20/h3,5-6,10-11,13,15H,2,4,7-9,19H2,1H3. The molecule has 0 aromatic heterocycles. The molecule has 20 heavy (non-hydrogen) atoms. The van der Waals surface area contributed by atoms with Crippen LogP contribution in [0.25, 0.3) is 0 Å². The molecular formula is C16H22Cl2N2. The van der Waals surface area contributed by atoms with Crippen LogP contribution in [-0.2, 0) is 0 Å². The van der Waals surface area contributed by atoms with E-state index in [1.807, 2.05) is 12.1 Å². The van der Waals surface area contributed by atoms with E-state index in [9.17, 15) is 0 Å². The fourth-order valence-electron chi connectivity index (χ4n) is 3.91. The first kappa shape index (κ1) is 14.6. The summed E-state index contributed by atoms with van der Waals surface area (Å²) in [5, 5.41) is 1.34. The van der Waals surface area contributed by atoms with E-state index in [1.54, 1.807) is 0 Å². The fourth-order valence-corrected chi connectivity index (χ4v) is 4.37. The van der Waals surface area contributed by atoms with Crippen molar-refractivity contribution in [2.45, 2.75) is 38.3 Å². The van der Waals surface area contributed by atoms with E-state index in [-0.39, 0.29) is 0 Å². The van der Waals surface area contributed by atoms with Crippen molar-refractivity contribution in [1.82, 2.24) is 4.90 Å². The number of nitrogens with two attached hydrogens (primary N) is 1. The van der Waals surface area contributed by atoms with E-state index in [4.69, 9.17) is 28.9 Å². The predicted molar refractivity (Wildman–Crippen MR) is 85.3 cm³/mol. The zero-order chi connectivity index (χ0) is 14.3. The number of fused-ring (bicyclic) bond motifs is 1. The second-order valence-electron chi connectivity index (χ2n) is 6.29. The summed E-state index contributed by atoms with van der Waals surface area (Å²) in [6.45, 7) is 4.46. The van der Waals surface area contributed by atoms with Crippen LogP contribution in [0.15, 0.2) is 18.2 Å². The van der Waals surface area contributed by atoms with Gasteiger partial charge in [-0.25, -0.2) is 0 Å². The molecule has 0 radical (unpaired) electrons. The Balaban J connectivity index is 1.78. The minimum atomic E-state index is 0.305. The molecule has 2 N–H and O–H groups in total. The van der Waals surface area contributed by atoms with Crippen molar-refractivity contribution in [3.8, 4) is 0 Å². The monoisotopic (exact) mass is 312 g/mol. The number of hydrogen-bond donors (Lipinski definition) is 1. The summed E-state index contributed by atoms with van der Waals surface area (Å²) in [4.78, 5) is 2.53. The topological polar surface area (TPSA) is 29.3 Å². The summed E-state index contributed by atoms with van der Waals surface area (Å²) in [5.41, 5.74) is 7.43. The third-order valence-corrected chi connectivity index (χ3v) is 5.99. The van der Waals surface area contributed by atoms with Crippen molar-refractivity contribution in [2.75, 3.05) is 13.1 Å². The van der Waals surface area contributed by atoms with Gasteiger partial charge in [-0.3, -0.25) is 4.90 Å². The zero-order valence-electron chi connectivity index (χ0n) is 11.9. The minimum Gasteiger partial charge on any atom is -0.327 e. The van der Waals surface area contributed by atoms with Crippen LogP contribution in [0.4, 0.5) is 0 Å². The molecule has 4 unspecified atom stereocenters. The maximum atomic E-state index is 6.36. The minimum absolute atomic E-state index is 0.305. The summed E-state index contributed by atoms with van der Waals surface area (Å²) in [7, 11) is 0. The Kier molecular flexibility index (Phi) is 4.28. The molecule has 2 nitrogen and oxygen atoms in total. The summed E-state index contributed by atoms with van der Waals surface area (Å²) < 4.78 is 0. The maximum absolute atomic E-state index is 6.36. The molecule has 4 atom stereocenters. The van der Waals surface area contributed by atoms with Gasteiger partial charge in [0, 0.05) is 25.2 Å². The third kappa shape index (κ3) is 2.59. The predicted octanol–water partition coefficient (Wildman–Crippen LogP) is 4.11. The molecule has 1 saturated carbocycles. The van der Waals surface area contributed by atoms with Gasteiger partial charge >= 0.3 is 0 Å². The van der Waals surface area contributed by atoms with E-state index >= 15 is 0 Å². The quantitative estimate of drug-likeness (QED) is 0.890. The van der Waals surface area contributed by atoms with Crippen LogP contribution in [0.3, 0.4) is 0 Å². The molecule has 0 amide bonds. The Bertz CT molecular complexity index is 491. The number of likely N-dealkylation sites (tertiary alicyclic amines) is 1. The van der Waals surface area contributed by atoms with Crippen molar-refractivity contribution in [2.24, 2.45) is 17.6 Å². The summed E-state index contributed by atoms with van der Waals surface area (Å²) >= 11 is 12.5. The van der Waals surface area contributed by atoms with E-state index in [2.05, 4.69) is 17.9 Å². The molecule has 1 aliphatic heterocycles. The third-order valence-electron chi connectivity index (χ3n) is 5.16. The zero-order valence-corrected chi connectivity index (χ0v) is 13.4. The SMILES string of the molecule is CC(c1cccc(Cl)c1Cl)N1CC2CCCC(N)C2C1. The van der Waals surface area contributed by atoms with E-state index in [1.165, 1.54) is 19.3 Å². The van der Waals surface area contributed by atoms with Gasteiger partial charge in [0.15, 0.2) is 0 Å². The van der Waals surface area contributed by atoms with E-state index in [0.717, 1.165) is 24.6 Å². The molecule has 1 aliphatic carbocycles. The highest BCUT2D eigenvalue weighted by Gasteiger charge is 2.40. The summed E-state index contributed by atoms with van der Waals surface area (Å²) in [5.74, 6) is 1.42. The number of benzene rings is 1. The number of hydrogen-bond acceptors (Lipinski definition) is 2. The van der Waals surface area contributed by atoms with Gasteiger partial charge in [0.25, 0.3) is 0 Å². The first-order valence-electron chi connectivity index (χ1n) is 7.51. The van der Waals surface area contributed by atoms with Crippen LogP contribution in [0, 0.1) is 11.8 Å². The van der Waals surface area contributed by atoms with Gasteiger partial charge in [0.05, 0.1) is 10.0 Å². The van der Waals surface area contributed by atoms with Crippen LogP contribution in [0.2, 0.25) is 10.0 Å². The Morgan fingerprint density at radius 1 is 1.25 bits per heavy atom. The lowest BCUT2D eigenvalue weighted by Gasteiger charge is -2.30. The van der Waals surface area contributed by atoms with Crippen LogP contribution in [-0.4, -0.2) is 24.0 Å². The number of rotatable bonds is 2. The number of halogens is 2. The molecule has 1 aromatic carbocycles. The number of nitrogens with zero attached hydrogens (tertiary/aromatic N) is 1. The molecule has 4 heteroatoms. The molecule has 2 aliphatic rings. The van der Waals surface area contributed by atoms with E-state index in [0.29, 0.717) is 28.0 Å². The van der Waals surface area contributed by atoms with Crippen molar-refractivity contribution in [3.05, 3.63) is 33.8 Å². The van der Waals surface area contributed by atoms with Gasteiger partial charge in [-0.1, -0.05) is 41.8 Å². The van der Waals surface area contributed by atoms with E-state index < -0.39 is 0 Å². The van der Waals surface area contributed by atoms with Crippen LogP contribution >= 0.6 is 23.2 Å². The Morgan fingerprint density at radius 2 is 2.05 bits per heavy atom. The largest absolute Gasteiger partial charge is 0.327 e. The Labute approximate surface area is 131 Å². The summed E-state index contributed by atoms with van der Waals surface area (Å²) in [6.07, 6.45) is 3.79. The van der Waals surface area contributed by atoms with Crippen molar-refractivity contribution in [3.63, 3.8) is 0 Å². The average molecular weight is 313 g/mol. The summed E-state index contributed by atoms with van der Waals surface area (Å²) in [6, 6.07) is 6.59. The van der Waals surface area contributed by atoms with Gasteiger partial charge < -0.3 is 5.73 Å². The highest BCUT2D eigenvalue weighted by atomic mass is 35.5. The van der Waals surface area contributed by atoms with Gasteiger partial charge in [0.2, 0.25) is 0 Å². The molecule has 0 spiro atoms. The van der Waals surface area contributed by atoms with Gasteiger partial charge in [-0.05, 0) is 43.2 Å². The van der Waals surface area contributed by atoms with Crippen LogP contribution < -0.4 is 5.73 Å². The molecular weight excluding hydrogens is 291 g/mol. The lowest BCUT2D eigenvalue weighted by atomic mass is 9.78. The first-order valence-corrected chi connectivity index (χ1v) is 8.27. The first-order chi connectivity index (χ1) is 9.58. The molecule has 2 fully saturated rings. The molecule has 110 valence electrons. The van der Waals surface area contributed by atoms with Gasteiger partial charge in [-0.2, -0.15) is 0 Å². The lowest BCUT2D eigenvalue weighted by molar-refractivity contribution is 0.245. The van der Waals surface area contributed by atoms with Crippen molar-refractivity contribution < 1.29 is 0 Å². The molecule has 3 rings (SSSR count).